The molecule has 0 saturated carbocycles. The van der Waals surface area contributed by atoms with Gasteiger partial charge in [-0.2, -0.15) is 0 Å². The van der Waals surface area contributed by atoms with Crippen molar-refractivity contribution in [2.24, 2.45) is 4.99 Å². The lowest BCUT2D eigenvalue weighted by Crippen LogP contribution is -2.39. The number of aliphatic hydroxyl groups is 1. The van der Waals surface area contributed by atoms with Crippen molar-refractivity contribution in [3.05, 3.63) is 35.2 Å². The maximum absolute atomic E-state index is 11.0. The Morgan fingerprint density at radius 3 is 2.71 bits per heavy atom. The summed E-state index contributed by atoms with van der Waals surface area (Å²) in [5.41, 5.74) is 0. The molecule has 1 unspecified atom stereocenters. The van der Waals surface area contributed by atoms with Gasteiger partial charge in [0.25, 0.3) is 0 Å². The Labute approximate surface area is 187 Å². The lowest BCUT2D eigenvalue weighted by molar-refractivity contribution is 0.154. The Bertz CT molecular complexity index is 822. The number of nitrogens with zero attached hydrogens (tertiary/aromatic N) is 1. The predicted molar refractivity (Wildman–Crippen MR) is 127 cm³/mol. The van der Waals surface area contributed by atoms with Gasteiger partial charge in [-0.1, -0.05) is 18.2 Å². The Kier molecular flexibility index (Phi) is 11.3. The Hall–Kier alpha value is -0.950. The van der Waals surface area contributed by atoms with Crippen LogP contribution in [0.2, 0.25) is 0 Å². The molecular weight excluding hydrogens is 513 g/mol. The van der Waals surface area contributed by atoms with Gasteiger partial charge in [0, 0.05) is 28.9 Å². The Morgan fingerprint density at radius 2 is 2.04 bits per heavy atom. The number of hydrogen-bond donors (Lipinski definition) is 3. The minimum atomic E-state index is -3.00. The molecule has 28 heavy (non-hydrogen) atoms. The van der Waals surface area contributed by atoms with Crippen LogP contribution in [-0.2, 0) is 14.6 Å². The van der Waals surface area contributed by atoms with Gasteiger partial charge in [0.2, 0.25) is 0 Å². The zero-order valence-corrected chi connectivity index (χ0v) is 20.0. The number of halogens is 1. The second kappa shape index (κ2) is 12.6. The van der Waals surface area contributed by atoms with E-state index >= 15 is 0 Å². The predicted octanol–water partition coefficient (Wildman–Crippen LogP) is 2.17. The molecule has 0 aliphatic carbocycles. The van der Waals surface area contributed by atoms with E-state index in [1.54, 1.807) is 11.3 Å². The summed E-state index contributed by atoms with van der Waals surface area (Å²) in [6.45, 7) is 3.95. The highest BCUT2D eigenvalue weighted by atomic mass is 127. The van der Waals surface area contributed by atoms with Crippen LogP contribution in [0.4, 0.5) is 0 Å². The first-order chi connectivity index (χ1) is 12.9. The van der Waals surface area contributed by atoms with E-state index in [4.69, 9.17) is 4.74 Å². The third-order valence-electron chi connectivity index (χ3n) is 3.68. The number of nitrogens with one attached hydrogen (secondary N) is 2. The SMILES string of the molecule is CCNC(=NCC(O)c1cc2ccccc2s1)NCCOCCS(C)(=O)=O.I. The first-order valence-electron chi connectivity index (χ1n) is 8.83. The van der Waals surface area contributed by atoms with E-state index in [-0.39, 0.29) is 42.9 Å². The van der Waals surface area contributed by atoms with Crippen LogP contribution in [0.25, 0.3) is 10.1 Å². The van der Waals surface area contributed by atoms with Gasteiger partial charge in [0.1, 0.15) is 15.9 Å². The number of guanidine groups is 1. The van der Waals surface area contributed by atoms with E-state index in [9.17, 15) is 13.5 Å². The summed E-state index contributed by atoms with van der Waals surface area (Å²) >= 11 is 1.57. The zero-order valence-electron chi connectivity index (χ0n) is 16.1. The van der Waals surface area contributed by atoms with Crippen molar-refractivity contribution in [2.45, 2.75) is 13.0 Å². The molecule has 0 fully saturated rings. The van der Waals surface area contributed by atoms with Crippen LogP contribution in [0.15, 0.2) is 35.3 Å². The topological polar surface area (TPSA) is 100 Å². The summed E-state index contributed by atoms with van der Waals surface area (Å²) in [6, 6.07) is 10.0. The van der Waals surface area contributed by atoms with E-state index in [1.807, 2.05) is 37.3 Å². The standard InChI is InChI=1S/C18H27N3O4S2.HI/c1-3-19-18(20-8-9-25-10-11-27(2,23)24)21-13-15(22)17-12-14-6-4-5-7-16(14)26-17;/h4-7,12,15,22H,3,8-11,13H2,1-2H3,(H2,19,20,21);1H. The molecule has 0 radical (unpaired) electrons. The van der Waals surface area contributed by atoms with Crippen molar-refractivity contribution in [1.29, 1.82) is 0 Å². The summed E-state index contributed by atoms with van der Waals surface area (Å²) in [7, 11) is -3.00. The highest BCUT2D eigenvalue weighted by Gasteiger charge is 2.11. The molecule has 1 aromatic carbocycles. The monoisotopic (exact) mass is 541 g/mol. The van der Waals surface area contributed by atoms with Crippen molar-refractivity contribution < 1.29 is 18.3 Å². The number of rotatable bonds is 10. The molecule has 7 nitrogen and oxygen atoms in total. The molecule has 0 aliphatic heterocycles. The van der Waals surface area contributed by atoms with E-state index in [0.29, 0.717) is 25.7 Å². The van der Waals surface area contributed by atoms with E-state index < -0.39 is 15.9 Å². The molecular formula is C18H28IN3O4S2. The van der Waals surface area contributed by atoms with Crippen LogP contribution < -0.4 is 10.6 Å². The molecule has 2 rings (SSSR count). The van der Waals surface area contributed by atoms with Crippen molar-refractivity contribution >= 4 is 61.2 Å². The minimum absolute atomic E-state index is 0. The molecule has 3 N–H and O–H groups in total. The highest BCUT2D eigenvalue weighted by molar-refractivity contribution is 14.0. The summed E-state index contributed by atoms with van der Waals surface area (Å²) in [5.74, 6) is 0.604. The van der Waals surface area contributed by atoms with Crippen LogP contribution in [0.3, 0.4) is 0 Å². The van der Waals surface area contributed by atoms with Crippen molar-refractivity contribution in [1.82, 2.24) is 10.6 Å². The molecule has 10 heteroatoms. The number of fused-ring (bicyclic) bond motifs is 1. The number of sulfone groups is 1. The average Bonchev–Trinajstić information content (AvgIpc) is 3.05. The van der Waals surface area contributed by atoms with Crippen molar-refractivity contribution in [2.75, 3.05) is 44.9 Å². The zero-order chi connectivity index (χ0) is 19.7. The molecule has 2 aromatic rings. The van der Waals surface area contributed by atoms with Crippen LogP contribution in [-0.4, -0.2) is 64.3 Å². The number of benzene rings is 1. The van der Waals surface area contributed by atoms with Gasteiger partial charge < -0.3 is 20.5 Å². The molecule has 1 heterocycles. The molecule has 158 valence electrons. The van der Waals surface area contributed by atoms with Crippen LogP contribution >= 0.6 is 35.3 Å². The fraction of sp³-hybridized carbons (Fsp3) is 0.500. The van der Waals surface area contributed by atoms with E-state index in [2.05, 4.69) is 15.6 Å². The smallest absolute Gasteiger partial charge is 0.191 e. The van der Waals surface area contributed by atoms with Gasteiger partial charge in [-0.15, -0.1) is 35.3 Å². The average molecular weight is 541 g/mol. The Balaban J connectivity index is 0.00000392. The number of aliphatic hydroxyl groups excluding tert-OH is 1. The first-order valence-corrected chi connectivity index (χ1v) is 11.7. The number of ether oxygens (including phenoxy) is 1. The maximum atomic E-state index is 11.0. The quantitative estimate of drug-likeness (QED) is 0.185. The van der Waals surface area contributed by atoms with E-state index in [1.165, 1.54) is 6.26 Å². The van der Waals surface area contributed by atoms with Crippen LogP contribution in [0.1, 0.15) is 17.9 Å². The van der Waals surface area contributed by atoms with Gasteiger partial charge in [-0.25, -0.2) is 8.42 Å². The molecule has 0 spiro atoms. The Morgan fingerprint density at radius 1 is 1.29 bits per heavy atom. The third kappa shape index (κ3) is 9.03. The second-order valence-corrected chi connectivity index (χ2v) is 9.47. The lowest BCUT2D eigenvalue weighted by Gasteiger charge is -2.12. The van der Waals surface area contributed by atoms with Crippen molar-refractivity contribution in [3.8, 4) is 0 Å². The van der Waals surface area contributed by atoms with Crippen molar-refractivity contribution in [3.63, 3.8) is 0 Å². The lowest BCUT2D eigenvalue weighted by atomic mass is 10.2. The molecule has 0 amide bonds. The van der Waals surface area contributed by atoms with E-state index in [0.717, 1.165) is 15.0 Å². The van der Waals surface area contributed by atoms with Gasteiger partial charge in [0.15, 0.2) is 5.96 Å². The highest BCUT2D eigenvalue weighted by Crippen LogP contribution is 2.29. The fourth-order valence-electron chi connectivity index (χ4n) is 2.33. The molecule has 0 aliphatic rings. The summed E-state index contributed by atoms with van der Waals surface area (Å²) < 4.78 is 28.5. The first kappa shape index (κ1) is 25.1. The molecule has 1 atom stereocenters. The molecule has 1 aromatic heterocycles. The largest absolute Gasteiger partial charge is 0.386 e. The third-order valence-corrected chi connectivity index (χ3v) is 5.80. The summed E-state index contributed by atoms with van der Waals surface area (Å²) in [5, 5.41) is 17.8. The molecule has 0 saturated heterocycles. The maximum Gasteiger partial charge on any atom is 0.191 e. The summed E-state index contributed by atoms with van der Waals surface area (Å²) in [4.78, 5) is 5.31. The normalized spacial score (nSPS) is 13.2. The van der Waals surface area contributed by atoms with Crippen LogP contribution in [0, 0.1) is 0 Å². The van der Waals surface area contributed by atoms with Gasteiger partial charge in [-0.05, 0) is 24.4 Å². The second-order valence-electron chi connectivity index (χ2n) is 6.09. The van der Waals surface area contributed by atoms with Gasteiger partial charge >= 0.3 is 0 Å². The summed E-state index contributed by atoms with van der Waals surface area (Å²) in [6.07, 6.45) is 0.524. The molecule has 0 bridgehead atoms. The number of hydrogen-bond acceptors (Lipinski definition) is 6. The van der Waals surface area contributed by atoms with Gasteiger partial charge in [-0.3, -0.25) is 4.99 Å². The number of aliphatic imine (C=N–C) groups is 1. The van der Waals surface area contributed by atoms with Gasteiger partial charge in [0.05, 0.1) is 25.5 Å². The number of thiophene rings is 1. The fourth-order valence-corrected chi connectivity index (χ4v) is 3.79. The minimum Gasteiger partial charge on any atom is -0.386 e. The van der Waals surface area contributed by atoms with Crippen LogP contribution in [0.5, 0.6) is 0 Å².